The molecule has 74 heavy (non-hydrogen) atoms. The van der Waals surface area contributed by atoms with Gasteiger partial charge in [-0.3, -0.25) is 47.9 Å². The maximum atomic E-state index is 14.2. The summed E-state index contributed by atoms with van der Waals surface area (Å²) in [5, 5.41) is 56.0. The molecule has 2 aromatic rings. The van der Waals surface area contributed by atoms with Crippen molar-refractivity contribution >= 4 is 65.2 Å². The van der Waals surface area contributed by atoms with Gasteiger partial charge < -0.3 is 74.8 Å². The molecule has 0 spiro atoms. The molecule has 0 aromatic heterocycles. The number of nitrogens with two attached hydrogens (primary N) is 3. The quantitative estimate of drug-likeness (QED) is 0.0352. The number of hydrogen-bond acceptors (Lipinski definition) is 14. The number of carbonyl (C=O) groups excluding carboxylic acids is 8. The van der Waals surface area contributed by atoms with E-state index in [1.807, 2.05) is 0 Å². The van der Waals surface area contributed by atoms with Crippen molar-refractivity contribution in [3.63, 3.8) is 0 Å². The van der Waals surface area contributed by atoms with Gasteiger partial charge in [-0.1, -0.05) is 76.6 Å². The summed E-state index contributed by atoms with van der Waals surface area (Å²) in [7, 11) is 0. The van der Waals surface area contributed by atoms with Gasteiger partial charge in [0.1, 0.15) is 48.0 Å². The number of aliphatic carboxylic acids is 3. The molecular weight excluding hydrogens is 969 g/mol. The number of phenolic OH excluding ortho intramolecular Hbond substituents is 1. The maximum Gasteiger partial charge on any atom is 0.326 e. The van der Waals surface area contributed by atoms with E-state index in [-0.39, 0.29) is 30.9 Å². The lowest BCUT2D eigenvalue weighted by Crippen LogP contribution is -2.61. The molecule has 17 N–H and O–H groups in total. The molecule has 0 heterocycles. The van der Waals surface area contributed by atoms with Crippen LogP contribution in [0.15, 0.2) is 54.6 Å². The van der Waals surface area contributed by atoms with Gasteiger partial charge in [-0.15, -0.1) is 0 Å². The molecule has 8 amide bonds. The van der Waals surface area contributed by atoms with Crippen LogP contribution in [-0.4, -0.2) is 140 Å². The molecule has 0 radical (unpaired) electrons. The first kappa shape index (κ1) is 62.4. The lowest BCUT2D eigenvalue weighted by molar-refractivity contribution is -0.143. The van der Waals surface area contributed by atoms with Crippen molar-refractivity contribution in [3.05, 3.63) is 65.7 Å². The lowest BCUT2D eigenvalue weighted by Gasteiger charge is -2.28. The molecule has 0 aliphatic rings. The van der Waals surface area contributed by atoms with Crippen LogP contribution < -0.4 is 54.4 Å². The fourth-order valence-corrected chi connectivity index (χ4v) is 7.29. The zero-order chi connectivity index (χ0) is 55.7. The average Bonchev–Trinajstić information content (AvgIpc) is 3.34. The van der Waals surface area contributed by atoms with Gasteiger partial charge in [0.05, 0.1) is 12.5 Å². The number of nitrogens with one attached hydrogen (secondary N) is 7. The summed E-state index contributed by atoms with van der Waals surface area (Å²) < 4.78 is 0. The van der Waals surface area contributed by atoms with Gasteiger partial charge in [-0.25, -0.2) is 4.79 Å². The highest BCUT2D eigenvalue weighted by molar-refractivity contribution is 5.98. The van der Waals surface area contributed by atoms with E-state index in [0.717, 1.165) is 0 Å². The summed E-state index contributed by atoms with van der Waals surface area (Å²) in [6, 6.07) is 1.51. The van der Waals surface area contributed by atoms with Crippen molar-refractivity contribution in [1.82, 2.24) is 37.2 Å². The van der Waals surface area contributed by atoms with E-state index in [2.05, 4.69) is 37.2 Å². The summed E-state index contributed by atoms with van der Waals surface area (Å²) in [4.78, 5) is 145. The highest BCUT2D eigenvalue weighted by Crippen LogP contribution is 2.15. The number of aromatic hydroxyl groups is 1. The average molecular weight is 1040 g/mol. The molecule has 0 aliphatic heterocycles. The molecule has 2 rings (SSSR count). The zero-order valence-electron chi connectivity index (χ0n) is 42.0. The van der Waals surface area contributed by atoms with Crippen LogP contribution in [-0.2, 0) is 65.6 Å². The Morgan fingerprint density at radius 2 is 0.959 bits per heavy atom. The molecule has 0 fully saturated rings. The third-order valence-corrected chi connectivity index (χ3v) is 11.9. The van der Waals surface area contributed by atoms with Gasteiger partial charge in [0.15, 0.2) is 0 Å². The van der Waals surface area contributed by atoms with Crippen LogP contribution in [0.25, 0.3) is 0 Å². The number of primary amides is 1. The van der Waals surface area contributed by atoms with E-state index >= 15 is 0 Å². The van der Waals surface area contributed by atoms with Crippen LogP contribution in [0.3, 0.4) is 0 Å². The molecule has 9 atom stereocenters. The molecule has 0 bridgehead atoms. The molecular formula is C49H72N10O15. The minimum absolute atomic E-state index is 0.0549. The third-order valence-electron chi connectivity index (χ3n) is 11.9. The molecule has 25 heteroatoms. The number of amides is 8. The standard InChI is InChI=1S/C49H72N10O15/c1-5-27(4)40(52)47(71)58-36(25-37(51)61)45(69)57-34(24-29-14-16-30(60)17-15-29)44(68)54-31(18-20-38(62)63)42(66)53-32(19-21-39(64)65)43(67)56-35(23-28-11-7-6-8-12-28)46(70)59-41(26(2)3)48(72)55-33(49(73)74)13-9-10-22-50/h6-8,11-12,14-17,26-27,31-36,40-41,60H,5,9-10,13,18-25,50,52H2,1-4H3,(H2,51,61)(H,53,66)(H,54,68)(H,55,72)(H,56,67)(H,57,69)(H,58,71)(H,59,70)(H,62,63)(H,64,65)(H,73,74). The van der Waals surface area contributed by atoms with Gasteiger partial charge >= 0.3 is 17.9 Å². The van der Waals surface area contributed by atoms with Gasteiger partial charge in [0.2, 0.25) is 47.3 Å². The largest absolute Gasteiger partial charge is 0.508 e. The van der Waals surface area contributed by atoms with E-state index in [0.29, 0.717) is 36.9 Å². The van der Waals surface area contributed by atoms with E-state index in [9.17, 15) is 73.2 Å². The fourth-order valence-electron chi connectivity index (χ4n) is 7.29. The number of carboxylic acid groups (broad SMARTS) is 3. The van der Waals surface area contributed by atoms with Crippen LogP contribution in [0.4, 0.5) is 0 Å². The smallest absolute Gasteiger partial charge is 0.326 e. The number of hydrogen-bond donors (Lipinski definition) is 14. The van der Waals surface area contributed by atoms with Crippen LogP contribution in [0.2, 0.25) is 0 Å². The molecule has 9 unspecified atom stereocenters. The number of benzene rings is 2. The van der Waals surface area contributed by atoms with Crippen LogP contribution >= 0.6 is 0 Å². The number of phenols is 1. The predicted molar refractivity (Wildman–Crippen MR) is 266 cm³/mol. The van der Waals surface area contributed by atoms with Crippen molar-refractivity contribution in [2.24, 2.45) is 29.0 Å². The van der Waals surface area contributed by atoms with Crippen LogP contribution in [0, 0.1) is 11.8 Å². The van der Waals surface area contributed by atoms with Gasteiger partial charge in [-0.05, 0) is 73.7 Å². The number of unbranched alkanes of at least 4 members (excludes halogenated alkanes) is 1. The van der Waals surface area contributed by atoms with Crippen LogP contribution in [0.5, 0.6) is 5.75 Å². The van der Waals surface area contributed by atoms with Crippen molar-refractivity contribution in [3.8, 4) is 5.75 Å². The second-order valence-corrected chi connectivity index (χ2v) is 18.2. The van der Waals surface area contributed by atoms with Crippen molar-refractivity contribution in [2.45, 2.75) is 147 Å². The van der Waals surface area contributed by atoms with E-state index in [1.165, 1.54) is 24.3 Å². The Morgan fingerprint density at radius 3 is 1.41 bits per heavy atom. The Kier molecular flexibility index (Phi) is 26.8. The summed E-state index contributed by atoms with van der Waals surface area (Å²) >= 11 is 0. The Bertz CT molecular complexity index is 2250. The SMILES string of the molecule is CCC(C)C(N)C(=O)NC(CC(N)=O)C(=O)NC(Cc1ccc(O)cc1)C(=O)NC(CCC(=O)O)C(=O)NC(CCC(=O)O)C(=O)NC(Cc1ccccc1)C(=O)NC(C(=O)NC(CCCCN)C(=O)O)C(C)C. The number of carbonyl (C=O) groups is 11. The zero-order valence-corrected chi connectivity index (χ0v) is 42.0. The first-order valence-corrected chi connectivity index (χ1v) is 24.2. The van der Waals surface area contributed by atoms with E-state index < -0.39 is 152 Å². The summed E-state index contributed by atoms with van der Waals surface area (Å²) in [6.45, 7) is 6.94. The maximum absolute atomic E-state index is 14.2. The summed E-state index contributed by atoms with van der Waals surface area (Å²) in [6.07, 6.45) is -2.55. The monoisotopic (exact) mass is 1040 g/mol. The minimum atomic E-state index is -1.80. The molecule has 25 nitrogen and oxygen atoms in total. The number of rotatable bonds is 34. The Hall–Kier alpha value is -7.67. The second kappa shape index (κ2) is 31.7. The molecule has 2 aromatic carbocycles. The van der Waals surface area contributed by atoms with Gasteiger partial charge in [0.25, 0.3) is 0 Å². The summed E-state index contributed by atoms with van der Waals surface area (Å²) in [5.74, 6) is -13.3. The Labute approximate surface area is 428 Å². The Balaban J connectivity index is 2.54. The predicted octanol–water partition coefficient (Wildman–Crippen LogP) is -1.58. The lowest BCUT2D eigenvalue weighted by atomic mass is 9.98. The third kappa shape index (κ3) is 22.4. The minimum Gasteiger partial charge on any atom is -0.508 e. The van der Waals surface area contributed by atoms with Crippen molar-refractivity contribution in [1.29, 1.82) is 0 Å². The van der Waals surface area contributed by atoms with Crippen molar-refractivity contribution in [2.75, 3.05) is 6.54 Å². The molecule has 408 valence electrons. The Morgan fingerprint density at radius 1 is 0.527 bits per heavy atom. The van der Waals surface area contributed by atoms with Gasteiger partial charge in [-0.2, -0.15) is 0 Å². The van der Waals surface area contributed by atoms with Gasteiger partial charge in [0, 0.05) is 25.7 Å². The first-order valence-electron chi connectivity index (χ1n) is 24.2. The second-order valence-electron chi connectivity index (χ2n) is 18.2. The highest BCUT2D eigenvalue weighted by atomic mass is 16.4. The first-order chi connectivity index (χ1) is 34.9. The van der Waals surface area contributed by atoms with E-state index in [1.54, 1.807) is 58.0 Å². The molecule has 0 saturated carbocycles. The van der Waals surface area contributed by atoms with E-state index in [4.69, 9.17) is 17.2 Å². The summed E-state index contributed by atoms with van der Waals surface area (Å²) in [5.41, 5.74) is 17.8. The number of carboxylic acids is 3. The fraction of sp³-hybridized carbons (Fsp3) is 0.531. The van der Waals surface area contributed by atoms with Crippen LogP contribution in [0.1, 0.15) is 96.6 Å². The molecule has 0 aliphatic carbocycles. The van der Waals surface area contributed by atoms with Crippen molar-refractivity contribution < 1.29 is 73.2 Å². The topological polar surface area (TPSA) is 431 Å². The normalized spacial score (nSPS) is 14.7. The molecule has 0 saturated heterocycles. The highest BCUT2D eigenvalue weighted by Gasteiger charge is 2.36.